The highest BCUT2D eigenvalue weighted by molar-refractivity contribution is 5.96. The average molecular weight is 305 g/mol. The lowest BCUT2D eigenvalue weighted by molar-refractivity contribution is -0.115. The van der Waals surface area contributed by atoms with Gasteiger partial charge in [-0.25, -0.2) is 0 Å². The van der Waals surface area contributed by atoms with Gasteiger partial charge in [0, 0.05) is 28.9 Å². The minimum absolute atomic E-state index is 0.128. The lowest BCUT2D eigenvalue weighted by atomic mass is 10.1. The molecule has 2 N–H and O–H groups in total. The molecule has 23 heavy (non-hydrogen) atoms. The van der Waals surface area contributed by atoms with Gasteiger partial charge < -0.3 is 15.0 Å². The molecule has 0 saturated carbocycles. The van der Waals surface area contributed by atoms with Crippen LogP contribution in [0, 0.1) is 11.3 Å². The van der Waals surface area contributed by atoms with Crippen molar-refractivity contribution in [3.63, 3.8) is 0 Å². The Morgan fingerprint density at radius 1 is 1.30 bits per heavy atom. The van der Waals surface area contributed by atoms with Crippen LogP contribution in [0.5, 0.6) is 5.75 Å². The number of carbonyl (C=O) groups is 1. The van der Waals surface area contributed by atoms with Crippen LogP contribution in [0.2, 0.25) is 0 Å². The van der Waals surface area contributed by atoms with Crippen LogP contribution < -0.4 is 10.1 Å². The number of anilines is 1. The van der Waals surface area contributed by atoms with Crippen LogP contribution in [0.25, 0.3) is 10.9 Å². The number of H-pyrrole nitrogens is 1. The molecular weight excluding hydrogens is 290 g/mol. The van der Waals surface area contributed by atoms with E-state index in [0.29, 0.717) is 11.3 Å². The largest absolute Gasteiger partial charge is 0.497 e. The Balaban J connectivity index is 1.76. The van der Waals surface area contributed by atoms with Gasteiger partial charge in [-0.3, -0.25) is 4.79 Å². The van der Waals surface area contributed by atoms with Gasteiger partial charge in [0.2, 0.25) is 5.91 Å². The van der Waals surface area contributed by atoms with Gasteiger partial charge >= 0.3 is 0 Å². The molecule has 2 aromatic carbocycles. The lowest BCUT2D eigenvalue weighted by Crippen LogP contribution is -2.14. The number of benzene rings is 2. The molecule has 0 spiro atoms. The summed E-state index contributed by atoms with van der Waals surface area (Å²) in [5.74, 6) is 0.639. The van der Waals surface area contributed by atoms with E-state index in [9.17, 15) is 4.79 Å². The molecule has 0 atom stereocenters. The Labute approximate surface area is 133 Å². The number of hydrogen-bond acceptors (Lipinski definition) is 3. The van der Waals surface area contributed by atoms with Crippen LogP contribution in [-0.4, -0.2) is 18.0 Å². The van der Waals surface area contributed by atoms with Crippen molar-refractivity contribution in [1.29, 1.82) is 5.26 Å². The highest BCUT2D eigenvalue weighted by Gasteiger charge is 2.10. The van der Waals surface area contributed by atoms with Gasteiger partial charge in [-0.1, -0.05) is 6.07 Å². The van der Waals surface area contributed by atoms with Gasteiger partial charge in [0.1, 0.15) is 5.75 Å². The van der Waals surface area contributed by atoms with Gasteiger partial charge in [0.15, 0.2) is 0 Å². The molecule has 0 bridgehead atoms. The summed E-state index contributed by atoms with van der Waals surface area (Å²) < 4.78 is 5.19. The monoisotopic (exact) mass is 305 g/mol. The predicted molar refractivity (Wildman–Crippen MR) is 88.3 cm³/mol. The first-order chi connectivity index (χ1) is 11.2. The lowest BCUT2D eigenvalue weighted by Gasteiger charge is -2.05. The third-order valence-corrected chi connectivity index (χ3v) is 3.60. The number of nitrogens with one attached hydrogen (secondary N) is 2. The maximum Gasteiger partial charge on any atom is 0.228 e. The summed E-state index contributed by atoms with van der Waals surface area (Å²) in [4.78, 5) is 15.4. The van der Waals surface area contributed by atoms with E-state index < -0.39 is 0 Å². The number of methoxy groups -OCH3 is 1. The summed E-state index contributed by atoms with van der Waals surface area (Å²) in [6, 6.07) is 14.6. The third kappa shape index (κ3) is 3.16. The normalized spacial score (nSPS) is 10.3. The number of rotatable bonds is 4. The molecule has 1 heterocycles. The zero-order valence-electron chi connectivity index (χ0n) is 12.6. The van der Waals surface area contributed by atoms with Crippen molar-refractivity contribution in [1.82, 2.24) is 4.98 Å². The zero-order valence-corrected chi connectivity index (χ0v) is 12.6. The van der Waals surface area contributed by atoms with E-state index in [2.05, 4.69) is 16.4 Å². The Hall–Kier alpha value is -3.26. The highest BCUT2D eigenvalue weighted by atomic mass is 16.5. The molecule has 1 aromatic heterocycles. The van der Waals surface area contributed by atoms with E-state index in [1.165, 1.54) is 0 Å². The van der Waals surface area contributed by atoms with Crippen LogP contribution in [0.4, 0.5) is 5.69 Å². The number of nitrogens with zero attached hydrogens (tertiary/aromatic N) is 1. The Bertz CT molecular complexity index is 906. The maximum atomic E-state index is 12.2. The molecule has 5 heteroatoms. The molecule has 0 aliphatic rings. The molecule has 0 unspecified atom stereocenters. The molecule has 1 amide bonds. The summed E-state index contributed by atoms with van der Waals surface area (Å²) in [6.07, 6.45) is 2.08. The molecule has 5 nitrogen and oxygen atoms in total. The fourth-order valence-electron chi connectivity index (χ4n) is 2.48. The van der Waals surface area contributed by atoms with Crippen LogP contribution in [0.1, 0.15) is 11.1 Å². The summed E-state index contributed by atoms with van der Waals surface area (Å²) in [5, 5.41) is 12.7. The zero-order chi connectivity index (χ0) is 16.2. The van der Waals surface area contributed by atoms with Crippen LogP contribution >= 0.6 is 0 Å². The molecule has 3 aromatic rings. The van der Waals surface area contributed by atoms with E-state index in [4.69, 9.17) is 10.00 Å². The SMILES string of the molecule is COc1ccc2c(CC(=O)Nc3cccc(C#N)c3)c[nH]c2c1. The molecule has 0 radical (unpaired) electrons. The molecular formula is C18H15N3O2. The minimum Gasteiger partial charge on any atom is -0.497 e. The molecule has 0 aliphatic carbocycles. The summed E-state index contributed by atoms with van der Waals surface area (Å²) in [5.41, 5.74) is 2.98. The maximum absolute atomic E-state index is 12.2. The van der Waals surface area contributed by atoms with E-state index in [1.54, 1.807) is 31.4 Å². The van der Waals surface area contributed by atoms with E-state index >= 15 is 0 Å². The Morgan fingerprint density at radius 2 is 2.17 bits per heavy atom. The minimum atomic E-state index is -0.128. The topological polar surface area (TPSA) is 77.9 Å². The summed E-state index contributed by atoms with van der Waals surface area (Å²) >= 11 is 0. The Kier molecular flexibility index (Phi) is 3.98. The van der Waals surface area contributed by atoms with Crippen molar-refractivity contribution in [3.05, 3.63) is 59.8 Å². The number of ether oxygens (including phenoxy) is 1. The Morgan fingerprint density at radius 3 is 2.96 bits per heavy atom. The second kappa shape index (κ2) is 6.24. The molecule has 0 aliphatic heterocycles. The number of aromatic nitrogens is 1. The number of aromatic amines is 1. The van der Waals surface area contributed by atoms with Crippen molar-refractivity contribution in [3.8, 4) is 11.8 Å². The first-order valence-corrected chi connectivity index (χ1v) is 7.13. The first kappa shape index (κ1) is 14.7. The quantitative estimate of drug-likeness (QED) is 0.776. The standard InChI is InChI=1S/C18H15N3O2/c1-23-15-5-6-16-13(11-20-17(16)9-15)8-18(22)21-14-4-2-3-12(7-14)10-19/h2-7,9,11,20H,8H2,1H3,(H,21,22). The van der Waals surface area contributed by atoms with Crippen LogP contribution in [0.3, 0.4) is 0 Å². The van der Waals surface area contributed by atoms with Gasteiger partial charge in [-0.15, -0.1) is 0 Å². The van der Waals surface area contributed by atoms with E-state index in [0.717, 1.165) is 22.2 Å². The second-order valence-electron chi connectivity index (χ2n) is 5.14. The fraction of sp³-hybridized carbons (Fsp3) is 0.111. The van der Waals surface area contributed by atoms with Crippen molar-refractivity contribution in [2.24, 2.45) is 0 Å². The number of hydrogen-bond donors (Lipinski definition) is 2. The smallest absolute Gasteiger partial charge is 0.228 e. The predicted octanol–water partition coefficient (Wildman–Crippen LogP) is 3.23. The summed E-state index contributed by atoms with van der Waals surface area (Å²) in [6.45, 7) is 0. The van der Waals surface area contributed by atoms with Gasteiger partial charge in [0.25, 0.3) is 0 Å². The number of fused-ring (bicyclic) bond motifs is 1. The van der Waals surface area contributed by atoms with Gasteiger partial charge in [-0.05, 0) is 35.9 Å². The van der Waals surface area contributed by atoms with Crippen molar-refractivity contribution in [2.75, 3.05) is 12.4 Å². The fourth-order valence-corrected chi connectivity index (χ4v) is 2.48. The number of amides is 1. The highest BCUT2D eigenvalue weighted by Crippen LogP contribution is 2.23. The van der Waals surface area contributed by atoms with Crippen molar-refractivity contribution < 1.29 is 9.53 Å². The first-order valence-electron chi connectivity index (χ1n) is 7.13. The summed E-state index contributed by atoms with van der Waals surface area (Å²) in [7, 11) is 1.62. The third-order valence-electron chi connectivity index (χ3n) is 3.60. The van der Waals surface area contributed by atoms with Crippen LogP contribution in [-0.2, 0) is 11.2 Å². The number of nitriles is 1. The molecule has 3 rings (SSSR count). The van der Waals surface area contributed by atoms with Gasteiger partial charge in [0.05, 0.1) is 25.2 Å². The van der Waals surface area contributed by atoms with Gasteiger partial charge in [-0.2, -0.15) is 5.26 Å². The second-order valence-corrected chi connectivity index (χ2v) is 5.14. The van der Waals surface area contributed by atoms with Crippen molar-refractivity contribution in [2.45, 2.75) is 6.42 Å². The molecule has 0 saturated heterocycles. The van der Waals surface area contributed by atoms with Crippen LogP contribution in [0.15, 0.2) is 48.7 Å². The average Bonchev–Trinajstić information content (AvgIpc) is 2.97. The number of carbonyl (C=O) groups excluding carboxylic acids is 1. The van der Waals surface area contributed by atoms with E-state index in [1.807, 2.05) is 24.4 Å². The van der Waals surface area contributed by atoms with E-state index in [-0.39, 0.29) is 12.3 Å². The van der Waals surface area contributed by atoms with Crippen molar-refractivity contribution >= 4 is 22.5 Å². The molecule has 0 fully saturated rings. The molecule has 114 valence electrons.